The van der Waals surface area contributed by atoms with Crippen LogP contribution >= 0.6 is 0 Å². The van der Waals surface area contributed by atoms with E-state index >= 15 is 0 Å². The van der Waals surface area contributed by atoms with Crippen LogP contribution in [0.4, 0.5) is 0 Å². The van der Waals surface area contributed by atoms with Gasteiger partial charge in [-0.15, -0.1) is 0 Å². The maximum absolute atomic E-state index is 13.1. The molecule has 0 saturated carbocycles. The Kier molecular flexibility index (Phi) is 5.89. The van der Waals surface area contributed by atoms with Gasteiger partial charge >= 0.3 is 5.97 Å². The van der Waals surface area contributed by atoms with Crippen molar-refractivity contribution in [2.45, 2.75) is 26.9 Å². The van der Waals surface area contributed by atoms with Gasteiger partial charge in [-0.3, -0.25) is 4.79 Å². The molecular formula is C25H23N3O4. The summed E-state index contributed by atoms with van der Waals surface area (Å²) in [5, 5.41) is 13.4. The average Bonchev–Trinajstić information content (AvgIpc) is 3.22. The third kappa shape index (κ3) is 4.32. The van der Waals surface area contributed by atoms with Gasteiger partial charge in [-0.25, -0.2) is 4.79 Å². The second-order valence-corrected chi connectivity index (χ2v) is 7.69. The van der Waals surface area contributed by atoms with Crippen LogP contribution in [0.3, 0.4) is 0 Å². The van der Waals surface area contributed by atoms with E-state index < -0.39 is 5.97 Å². The summed E-state index contributed by atoms with van der Waals surface area (Å²) < 4.78 is 6.96. The number of aromatic nitrogens is 3. The lowest BCUT2D eigenvalue weighted by atomic mass is 10.0. The van der Waals surface area contributed by atoms with E-state index in [-0.39, 0.29) is 16.8 Å². The summed E-state index contributed by atoms with van der Waals surface area (Å²) in [6, 6.07) is 17.2. The number of aromatic amines is 1. The molecule has 0 spiro atoms. The minimum Gasteiger partial charge on any atom is -0.489 e. The number of carboxylic acids is 1. The molecule has 4 rings (SSSR count). The lowest BCUT2D eigenvalue weighted by Gasteiger charge is -2.11. The second-order valence-electron chi connectivity index (χ2n) is 7.69. The second kappa shape index (κ2) is 8.93. The number of carboxylic acid groups (broad SMARTS) is 1. The van der Waals surface area contributed by atoms with Crippen LogP contribution in [0.2, 0.25) is 0 Å². The lowest BCUT2D eigenvalue weighted by molar-refractivity contribution is 0.0698. The highest BCUT2D eigenvalue weighted by Gasteiger charge is 2.19. The number of ether oxygens (including phenoxy) is 1. The quantitative estimate of drug-likeness (QED) is 0.422. The number of allylic oxidation sites excluding steroid dienone is 2. The molecular weight excluding hydrogens is 406 g/mol. The zero-order valence-corrected chi connectivity index (χ0v) is 17.8. The molecule has 0 aliphatic heterocycles. The highest BCUT2D eigenvalue weighted by Crippen LogP contribution is 2.25. The molecule has 4 aromatic rings. The third-order valence-corrected chi connectivity index (χ3v) is 5.10. The molecule has 0 bridgehead atoms. The van der Waals surface area contributed by atoms with Crippen molar-refractivity contribution in [3.63, 3.8) is 0 Å². The van der Waals surface area contributed by atoms with Gasteiger partial charge in [0, 0.05) is 5.56 Å². The molecule has 2 N–H and O–H groups in total. The van der Waals surface area contributed by atoms with Gasteiger partial charge in [0.2, 0.25) is 0 Å². The van der Waals surface area contributed by atoms with Gasteiger partial charge in [0.15, 0.2) is 5.65 Å². The first-order valence-corrected chi connectivity index (χ1v) is 10.2. The van der Waals surface area contributed by atoms with Crippen molar-refractivity contribution in [2.75, 3.05) is 0 Å². The summed E-state index contributed by atoms with van der Waals surface area (Å²) in [5.74, 6) is -0.453. The Bertz CT molecular complexity index is 1350. The van der Waals surface area contributed by atoms with Crippen LogP contribution in [0.15, 0.2) is 77.2 Å². The molecule has 2 aromatic carbocycles. The molecule has 162 valence electrons. The Morgan fingerprint density at radius 2 is 1.84 bits per heavy atom. The monoisotopic (exact) mass is 429 g/mol. The summed E-state index contributed by atoms with van der Waals surface area (Å²) >= 11 is 0. The highest BCUT2D eigenvalue weighted by molar-refractivity contribution is 5.94. The highest BCUT2D eigenvalue weighted by atomic mass is 16.5. The number of aromatic carboxylic acids is 1. The van der Waals surface area contributed by atoms with Gasteiger partial charge in [-0.2, -0.15) is 9.61 Å². The minimum atomic E-state index is -1.15. The Morgan fingerprint density at radius 3 is 2.50 bits per heavy atom. The maximum Gasteiger partial charge on any atom is 0.341 e. The molecule has 7 nitrogen and oxygen atoms in total. The van der Waals surface area contributed by atoms with Gasteiger partial charge in [0.05, 0.1) is 11.9 Å². The van der Waals surface area contributed by atoms with Gasteiger partial charge in [-0.05, 0) is 55.7 Å². The van der Waals surface area contributed by atoms with Crippen LogP contribution in [-0.2, 0) is 13.0 Å². The summed E-state index contributed by atoms with van der Waals surface area (Å²) in [6.45, 7) is 4.37. The Balaban J connectivity index is 1.73. The van der Waals surface area contributed by atoms with Crippen molar-refractivity contribution < 1.29 is 14.6 Å². The molecule has 0 unspecified atom stereocenters. The average molecular weight is 429 g/mol. The van der Waals surface area contributed by atoms with Gasteiger partial charge in [-0.1, -0.05) is 42.0 Å². The van der Waals surface area contributed by atoms with Crippen molar-refractivity contribution in [1.29, 1.82) is 0 Å². The van der Waals surface area contributed by atoms with Crippen LogP contribution in [0.5, 0.6) is 5.75 Å². The molecule has 32 heavy (non-hydrogen) atoms. The first kappa shape index (κ1) is 21.1. The van der Waals surface area contributed by atoms with Gasteiger partial charge < -0.3 is 14.8 Å². The van der Waals surface area contributed by atoms with E-state index in [2.05, 4.69) is 10.1 Å². The number of nitrogens with one attached hydrogen (secondary N) is 1. The summed E-state index contributed by atoms with van der Waals surface area (Å²) in [6.07, 6.45) is 3.54. The normalized spacial score (nSPS) is 10.8. The smallest absolute Gasteiger partial charge is 0.341 e. The van der Waals surface area contributed by atoms with Gasteiger partial charge in [0.25, 0.3) is 5.56 Å². The molecule has 0 aliphatic rings. The van der Waals surface area contributed by atoms with Crippen LogP contribution in [0.25, 0.3) is 16.9 Å². The standard InChI is InChI=1S/C25H23N3O4/c1-16(2)8-13-20-22(27-23-21(25(30)31)14-26-28(23)24(20)29)18-9-11-19(12-10-18)32-15-17-6-4-3-5-7-17/h3-12,14,27H,13,15H2,1-2H3,(H,30,31). The largest absolute Gasteiger partial charge is 0.489 e. The van der Waals surface area contributed by atoms with Crippen molar-refractivity contribution in [3.05, 3.63) is 99.5 Å². The van der Waals surface area contributed by atoms with E-state index in [0.717, 1.165) is 21.2 Å². The predicted octanol–water partition coefficient (Wildman–Crippen LogP) is 4.48. The molecule has 0 amide bonds. The van der Waals surface area contributed by atoms with E-state index in [1.807, 2.05) is 74.5 Å². The molecule has 0 fully saturated rings. The van der Waals surface area contributed by atoms with Crippen molar-refractivity contribution in [1.82, 2.24) is 14.6 Å². The number of hydrogen-bond acceptors (Lipinski definition) is 4. The summed E-state index contributed by atoms with van der Waals surface area (Å²) in [5.41, 5.74) is 3.73. The first-order chi connectivity index (χ1) is 15.4. The molecule has 2 heterocycles. The minimum absolute atomic E-state index is 0.0556. The molecule has 0 atom stereocenters. The molecule has 0 aliphatic carbocycles. The fourth-order valence-corrected chi connectivity index (χ4v) is 3.41. The molecule has 2 aromatic heterocycles. The Labute approximate surface area is 184 Å². The zero-order chi connectivity index (χ0) is 22.7. The van der Waals surface area contributed by atoms with Crippen molar-refractivity contribution in [2.24, 2.45) is 0 Å². The summed E-state index contributed by atoms with van der Waals surface area (Å²) in [4.78, 5) is 27.8. The molecule has 0 saturated heterocycles. The topological polar surface area (TPSA) is 96.7 Å². The van der Waals surface area contributed by atoms with Crippen LogP contribution < -0.4 is 10.3 Å². The predicted molar refractivity (Wildman–Crippen MR) is 122 cm³/mol. The Hall–Kier alpha value is -4.13. The van der Waals surface area contributed by atoms with Crippen LogP contribution in [0, 0.1) is 0 Å². The van der Waals surface area contributed by atoms with Gasteiger partial charge in [0.1, 0.15) is 17.9 Å². The van der Waals surface area contributed by atoms with Crippen molar-refractivity contribution >= 4 is 11.6 Å². The fraction of sp³-hybridized carbons (Fsp3) is 0.160. The number of rotatable bonds is 7. The summed E-state index contributed by atoms with van der Waals surface area (Å²) in [7, 11) is 0. The molecule has 0 radical (unpaired) electrons. The fourth-order valence-electron chi connectivity index (χ4n) is 3.41. The van der Waals surface area contributed by atoms with E-state index in [4.69, 9.17) is 4.74 Å². The zero-order valence-electron chi connectivity index (χ0n) is 17.8. The number of hydrogen-bond donors (Lipinski definition) is 2. The Morgan fingerprint density at radius 1 is 1.12 bits per heavy atom. The molecule has 7 heteroatoms. The number of H-pyrrole nitrogens is 1. The number of benzene rings is 2. The van der Waals surface area contributed by atoms with E-state index in [9.17, 15) is 14.7 Å². The number of fused-ring (bicyclic) bond motifs is 1. The van der Waals surface area contributed by atoms with E-state index in [0.29, 0.717) is 30.0 Å². The van der Waals surface area contributed by atoms with Crippen molar-refractivity contribution in [3.8, 4) is 17.0 Å². The SMILES string of the molecule is CC(C)=CCc1c(-c2ccc(OCc3ccccc3)cc2)[nH]c2c(C(=O)O)cnn2c1=O. The van der Waals surface area contributed by atoms with Crippen LogP contribution in [-0.4, -0.2) is 25.7 Å². The van der Waals surface area contributed by atoms with E-state index in [1.54, 1.807) is 0 Å². The maximum atomic E-state index is 13.1. The first-order valence-electron chi connectivity index (χ1n) is 10.2. The van der Waals surface area contributed by atoms with E-state index in [1.165, 1.54) is 6.20 Å². The van der Waals surface area contributed by atoms with Crippen LogP contribution in [0.1, 0.15) is 35.3 Å². The third-order valence-electron chi connectivity index (χ3n) is 5.10. The lowest BCUT2D eigenvalue weighted by Crippen LogP contribution is -2.21. The number of nitrogens with zero attached hydrogens (tertiary/aromatic N) is 2. The number of carbonyl (C=O) groups is 1.